The van der Waals surface area contributed by atoms with E-state index in [0.717, 1.165) is 12.2 Å². The Morgan fingerprint density at radius 3 is 1.12 bits per heavy atom. The van der Waals surface area contributed by atoms with Crippen LogP contribution >= 0.6 is 22.5 Å². The van der Waals surface area contributed by atoms with Crippen LogP contribution in [0.15, 0.2) is 0 Å². The van der Waals surface area contributed by atoms with Gasteiger partial charge in [-0.05, 0) is 48.0 Å². The zero-order valence-corrected chi connectivity index (χ0v) is 20.3. The summed E-state index contributed by atoms with van der Waals surface area (Å²) in [6, 6.07) is 0. The van der Waals surface area contributed by atoms with E-state index >= 15 is 0 Å². The highest BCUT2D eigenvalue weighted by molar-refractivity contribution is 8.68. The fraction of sp³-hybridized carbons (Fsp3) is 1.00. The highest BCUT2D eigenvalue weighted by Gasteiger charge is 2.65. The summed E-state index contributed by atoms with van der Waals surface area (Å²) in [6.07, 6.45) is 0.743. The molecule has 0 heterocycles. The molecule has 0 N–H and O–H groups in total. The quantitative estimate of drug-likeness (QED) is 0.212. The lowest BCUT2D eigenvalue weighted by atomic mass is 10.6. The maximum atomic E-state index is 6.17. The number of rotatable bonds is 17. The molecule has 25 heavy (non-hydrogen) atoms. The molecule has 6 nitrogen and oxygen atoms in total. The van der Waals surface area contributed by atoms with Crippen molar-refractivity contribution in [1.82, 2.24) is 0 Å². The van der Waals surface area contributed by atoms with Crippen molar-refractivity contribution in [1.29, 1.82) is 0 Å². The Balaban J connectivity index is 6.10. The minimum absolute atomic E-state index is 0.181. The SMILES string of the molecule is CCO[Si](OCC)(OCC)C(CCSS)[Si](OCC)(OCC)OCC. The Morgan fingerprint density at radius 2 is 0.920 bits per heavy atom. The highest BCUT2D eigenvalue weighted by Crippen LogP contribution is 2.40. The van der Waals surface area contributed by atoms with E-state index in [4.69, 9.17) is 26.6 Å². The van der Waals surface area contributed by atoms with Gasteiger partial charge in [0.1, 0.15) is 5.16 Å². The predicted octanol–water partition coefficient (Wildman–Crippen LogP) is 3.96. The molecule has 0 atom stereocenters. The second kappa shape index (κ2) is 14.9. The van der Waals surface area contributed by atoms with Gasteiger partial charge in [0, 0.05) is 45.4 Å². The molecule has 0 spiro atoms. The Morgan fingerprint density at radius 1 is 0.640 bits per heavy atom. The highest BCUT2D eigenvalue weighted by atomic mass is 33.1. The van der Waals surface area contributed by atoms with Gasteiger partial charge in [0.05, 0.1) is 0 Å². The molecule has 0 unspecified atom stereocenters. The molecule has 0 rings (SSSR count). The normalized spacial score (nSPS) is 13.0. The lowest BCUT2D eigenvalue weighted by Gasteiger charge is -2.42. The molecule has 152 valence electrons. The van der Waals surface area contributed by atoms with Crippen molar-refractivity contribution in [2.75, 3.05) is 45.4 Å². The molecule has 0 amide bonds. The third-order valence-electron chi connectivity index (χ3n) is 3.42. The van der Waals surface area contributed by atoms with Crippen LogP contribution in [0, 0.1) is 0 Å². The van der Waals surface area contributed by atoms with Crippen LogP contribution in [-0.4, -0.2) is 63.0 Å². The van der Waals surface area contributed by atoms with Crippen LogP contribution in [0.4, 0.5) is 0 Å². The third-order valence-corrected chi connectivity index (χ3v) is 12.9. The predicted molar refractivity (Wildman–Crippen MR) is 111 cm³/mol. The summed E-state index contributed by atoms with van der Waals surface area (Å²) in [6.45, 7) is 14.8. The third kappa shape index (κ3) is 7.80. The Bertz CT molecular complexity index is 268. The average Bonchev–Trinajstić information content (AvgIpc) is 2.56. The first kappa shape index (κ1) is 25.9. The van der Waals surface area contributed by atoms with E-state index in [1.807, 2.05) is 41.5 Å². The average molecular weight is 433 g/mol. The van der Waals surface area contributed by atoms with Crippen LogP contribution in [0.2, 0.25) is 5.16 Å². The van der Waals surface area contributed by atoms with Crippen molar-refractivity contribution in [3.8, 4) is 0 Å². The molecule has 0 aliphatic carbocycles. The molecule has 0 bridgehead atoms. The van der Waals surface area contributed by atoms with Crippen LogP contribution in [0.5, 0.6) is 0 Å². The van der Waals surface area contributed by atoms with Crippen LogP contribution < -0.4 is 0 Å². The first-order valence-corrected chi connectivity index (χ1v) is 14.8. The Kier molecular flexibility index (Phi) is 15.4. The molecule has 10 heteroatoms. The fourth-order valence-corrected chi connectivity index (χ4v) is 12.2. The topological polar surface area (TPSA) is 55.4 Å². The first-order chi connectivity index (χ1) is 12.1. The minimum atomic E-state index is -3.07. The smallest absolute Gasteiger partial charge is 0.374 e. The monoisotopic (exact) mass is 432 g/mol. The lowest BCUT2D eigenvalue weighted by Crippen LogP contribution is -2.64. The largest absolute Gasteiger partial charge is 0.508 e. The van der Waals surface area contributed by atoms with Gasteiger partial charge >= 0.3 is 17.6 Å². The van der Waals surface area contributed by atoms with Gasteiger partial charge in [-0.3, -0.25) is 0 Å². The molecule has 0 radical (unpaired) electrons. The van der Waals surface area contributed by atoms with Crippen LogP contribution in [-0.2, 0) is 26.6 Å². The van der Waals surface area contributed by atoms with E-state index in [2.05, 4.69) is 11.7 Å². The molecular weight excluding hydrogens is 396 g/mol. The zero-order valence-electron chi connectivity index (χ0n) is 16.5. The van der Waals surface area contributed by atoms with Gasteiger partial charge in [0.2, 0.25) is 0 Å². The van der Waals surface area contributed by atoms with Crippen molar-refractivity contribution in [3.63, 3.8) is 0 Å². The molecular formula is C15H36O6S2Si2. The summed E-state index contributed by atoms with van der Waals surface area (Å²) in [5.41, 5.74) is 0. The van der Waals surface area contributed by atoms with Crippen molar-refractivity contribution in [3.05, 3.63) is 0 Å². The van der Waals surface area contributed by atoms with Gasteiger partial charge in [0.15, 0.2) is 0 Å². The maximum Gasteiger partial charge on any atom is 0.508 e. The van der Waals surface area contributed by atoms with Crippen molar-refractivity contribution in [2.24, 2.45) is 0 Å². The van der Waals surface area contributed by atoms with Crippen LogP contribution in [0.1, 0.15) is 48.0 Å². The van der Waals surface area contributed by atoms with Gasteiger partial charge in [-0.25, -0.2) is 0 Å². The number of hydrogen-bond acceptors (Lipinski definition) is 8. The van der Waals surface area contributed by atoms with E-state index in [9.17, 15) is 0 Å². The van der Waals surface area contributed by atoms with Crippen LogP contribution in [0.3, 0.4) is 0 Å². The van der Waals surface area contributed by atoms with E-state index in [-0.39, 0.29) is 5.16 Å². The zero-order chi connectivity index (χ0) is 19.2. The van der Waals surface area contributed by atoms with E-state index in [1.165, 1.54) is 10.8 Å². The van der Waals surface area contributed by atoms with Crippen molar-refractivity contribution < 1.29 is 26.6 Å². The van der Waals surface area contributed by atoms with E-state index in [0.29, 0.717) is 39.6 Å². The molecule has 0 aromatic heterocycles. The molecule has 0 aromatic rings. The number of hydrogen-bond donors (Lipinski definition) is 1. The van der Waals surface area contributed by atoms with E-state index in [1.54, 1.807) is 0 Å². The van der Waals surface area contributed by atoms with Crippen molar-refractivity contribution >= 4 is 40.1 Å². The summed E-state index contributed by atoms with van der Waals surface area (Å²) in [5.74, 6) is 0.803. The summed E-state index contributed by atoms with van der Waals surface area (Å²) in [5, 5.41) is -0.181. The summed E-state index contributed by atoms with van der Waals surface area (Å²) in [7, 11) is -4.66. The van der Waals surface area contributed by atoms with Crippen LogP contribution in [0.25, 0.3) is 0 Å². The van der Waals surface area contributed by atoms with Gasteiger partial charge in [-0.15, -0.1) is 11.7 Å². The van der Waals surface area contributed by atoms with Gasteiger partial charge in [-0.2, -0.15) is 0 Å². The lowest BCUT2D eigenvalue weighted by molar-refractivity contribution is 0.0322. The Labute approximate surface area is 165 Å². The molecule has 0 aromatic carbocycles. The fourth-order valence-electron chi connectivity index (χ4n) is 2.80. The minimum Gasteiger partial charge on any atom is -0.374 e. The van der Waals surface area contributed by atoms with Gasteiger partial charge in [0.25, 0.3) is 0 Å². The second-order valence-corrected chi connectivity index (χ2v) is 12.5. The summed E-state index contributed by atoms with van der Waals surface area (Å²) < 4.78 is 37.0. The second-order valence-electron chi connectivity index (χ2n) is 4.98. The van der Waals surface area contributed by atoms with E-state index < -0.39 is 17.6 Å². The molecule has 0 aliphatic heterocycles. The molecule has 0 saturated carbocycles. The summed E-state index contributed by atoms with van der Waals surface area (Å²) in [4.78, 5) is 0. The standard InChI is InChI=1S/C15H36O6S2Si2/c1-7-16-24(17-8-2,18-9-3)15(13-14-23-22)25(19-10-4,20-11-5)21-12-6/h15,22H,7-14H2,1-6H3. The van der Waals surface area contributed by atoms with Gasteiger partial charge < -0.3 is 26.6 Å². The molecule has 0 aliphatic rings. The maximum absolute atomic E-state index is 6.17. The van der Waals surface area contributed by atoms with Crippen molar-refractivity contribution in [2.45, 2.75) is 53.1 Å². The number of thiol groups is 1. The molecule has 0 saturated heterocycles. The first-order valence-electron chi connectivity index (χ1n) is 9.16. The Hall–Kier alpha value is 0.894. The van der Waals surface area contributed by atoms with Gasteiger partial charge in [-0.1, -0.05) is 10.8 Å². The molecule has 0 fully saturated rings. The summed E-state index contributed by atoms with van der Waals surface area (Å²) >= 11 is 4.30.